The van der Waals surface area contributed by atoms with Crippen molar-refractivity contribution in [2.24, 2.45) is 10.3 Å². The molecule has 1 aliphatic carbocycles. The van der Waals surface area contributed by atoms with Crippen molar-refractivity contribution >= 4 is 63.6 Å². The van der Waals surface area contributed by atoms with Gasteiger partial charge in [-0.05, 0) is 54.7 Å². The molecule has 4 aromatic rings. The first kappa shape index (κ1) is 28.4. The number of halogens is 4. The first-order valence-corrected chi connectivity index (χ1v) is 15.4. The lowest BCUT2D eigenvalue weighted by molar-refractivity contribution is -0.177. The Balaban J connectivity index is 1.40. The van der Waals surface area contributed by atoms with Gasteiger partial charge in [0.05, 0.1) is 31.9 Å². The number of ketones is 1. The van der Waals surface area contributed by atoms with Crippen LogP contribution in [-0.4, -0.2) is 28.4 Å². The second-order valence-electron chi connectivity index (χ2n) is 11.0. The Kier molecular flexibility index (Phi) is 7.26. The third-order valence-corrected chi connectivity index (χ3v) is 9.92. The molecular weight excluding hydrogens is 626 g/mol. The Morgan fingerprint density at radius 3 is 1.30 bits per heavy atom. The van der Waals surface area contributed by atoms with E-state index in [9.17, 15) is 0 Å². The van der Waals surface area contributed by atoms with E-state index in [0.717, 1.165) is 11.1 Å². The van der Waals surface area contributed by atoms with E-state index in [1.165, 1.54) is 0 Å². The SMILES string of the molecule is O=C1[C@]2(CCC[C@]13ON=C(c1c(Cl)cccc1Cl)[C@H]3c1ccccc1)ON=C(c1c(Cl)cccc1Cl)[C@H]2c1ccccc1. The van der Waals surface area contributed by atoms with E-state index in [-0.39, 0.29) is 5.78 Å². The normalized spacial score (nSPS) is 26.3. The summed E-state index contributed by atoms with van der Waals surface area (Å²) >= 11 is 26.8. The molecule has 0 N–H and O–H groups in total. The van der Waals surface area contributed by atoms with E-state index < -0.39 is 23.0 Å². The molecule has 0 radical (unpaired) electrons. The van der Waals surface area contributed by atoms with Crippen molar-refractivity contribution in [3.8, 4) is 0 Å². The van der Waals surface area contributed by atoms with Crippen LogP contribution in [0.3, 0.4) is 0 Å². The highest BCUT2D eigenvalue weighted by Crippen LogP contribution is 2.56. The van der Waals surface area contributed by atoms with E-state index in [0.29, 0.717) is 61.9 Å². The van der Waals surface area contributed by atoms with Crippen LogP contribution in [0.15, 0.2) is 107 Å². The van der Waals surface area contributed by atoms with Gasteiger partial charge in [0.25, 0.3) is 0 Å². The molecule has 9 heteroatoms. The Morgan fingerprint density at radius 1 is 0.558 bits per heavy atom. The van der Waals surface area contributed by atoms with Gasteiger partial charge in [-0.1, -0.05) is 130 Å². The summed E-state index contributed by atoms with van der Waals surface area (Å²) in [7, 11) is 0. The molecule has 5 nitrogen and oxygen atoms in total. The zero-order valence-electron chi connectivity index (χ0n) is 22.6. The van der Waals surface area contributed by atoms with Gasteiger partial charge in [-0.15, -0.1) is 0 Å². The Morgan fingerprint density at radius 2 is 0.930 bits per heavy atom. The van der Waals surface area contributed by atoms with Crippen LogP contribution >= 0.6 is 46.4 Å². The van der Waals surface area contributed by atoms with Crippen molar-refractivity contribution in [1.82, 2.24) is 0 Å². The highest BCUT2D eigenvalue weighted by molar-refractivity contribution is 6.42. The molecule has 7 rings (SSSR count). The molecule has 4 aromatic carbocycles. The zero-order valence-corrected chi connectivity index (χ0v) is 25.7. The van der Waals surface area contributed by atoms with E-state index in [4.69, 9.17) is 56.1 Å². The Labute approximate surface area is 269 Å². The molecule has 3 aliphatic rings. The first-order chi connectivity index (χ1) is 20.9. The van der Waals surface area contributed by atoms with Crippen LogP contribution in [-0.2, 0) is 14.5 Å². The molecular formula is C34H24Cl4N2O3. The van der Waals surface area contributed by atoms with Gasteiger partial charge in [0.1, 0.15) is 11.4 Å². The second kappa shape index (κ2) is 11.0. The fourth-order valence-corrected chi connectivity index (χ4v) is 8.03. The summed E-state index contributed by atoms with van der Waals surface area (Å²) in [4.78, 5) is 28.0. The van der Waals surface area contributed by atoms with Crippen molar-refractivity contribution in [3.05, 3.63) is 139 Å². The number of carbonyl (C=O) groups excluding carboxylic acids is 1. The van der Waals surface area contributed by atoms with Crippen molar-refractivity contribution in [2.45, 2.75) is 42.3 Å². The fraction of sp³-hybridized carbons (Fsp3) is 0.206. The minimum atomic E-state index is -1.40. The standard InChI is InChI=1S/C34H24Cl4N2O3/c35-22-14-7-15-23(36)26(22)30-28(20-10-3-1-4-11-20)33(42-39-30)18-9-19-34(32(33)41)29(21-12-5-2-6-13-21)31(40-43-34)27-24(37)16-8-17-25(27)38/h1-8,10-17,28-29H,9,18-19H2/t28-,29-,33-,34-/m1/s1. The van der Waals surface area contributed by atoms with Gasteiger partial charge in [0.15, 0.2) is 0 Å². The Hall–Kier alpha value is -3.35. The second-order valence-corrected chi connectivity index (χ2v) is 12.6. The average Bonchev–Trinajstić information content (AvgIpc) is 3.57. The van der Waals surface area contributed by atoms with Crippen LogP contribution in [0.25, 0.3) is 0 Å². The molecule has 216 valence electrons. The summed E-state index contributed by atoms with van der Waals surface area (Å²) in [5.74, 6) is -1.47. The minimum Gasteiger partial charge on any atom is -0.380 e. The molecule has 0 bridgehead atoms. The quantitative estimate of drug-likeness (QED) is 0.221. The number of hydrogen-bond donors (Lipinski definition) is 0. The molecule has 2 aliphatic heterocycles. The predicted octanol–water partition coefficient (Wildman–Crippen LogP) is 9.27. The van der Waals surface area contributed by atoms with Gasteiger partial charge in [0.2, 0.25) is 17.0 Å². The van der Waals surface area contributed by atoms with Gasteiger partial charge >= 0.3 is 0 Å². The van der Waals surface area contributed by atoms with Crippen LogP contribution in [0.4, 0.5) is 0 Å². The molecule has 43 heavy (non-hydrogen) atoms. The van der Waals surface area contributed by atoms with Gasteiger partial charge < -0.3 is 9.68 Å². The first-order valence-electron chi connectivity index (χ1n) is 13.9. The lowest BCUT2D eigenvalue weighted by Crippen LogP contribution is -2.61. The summed E-state index contributed by atoms with van der Waals surface area (Å²) < 4.78 is 0. The molecule has 1 saturated carbocycles. The number of rotatable bonds is 4. The van der Waals surface area contributed by atoms with Gasteiger partial charge in [-0.2, -0.15) is 0 Å². The molecule has 0 unspecified atom stereocenters. The largest absolute Gasteiger partial charge is 0.380 e. The van der Waals surface area contributed by atoms with Crippen molar-refractivity contribution in [3.63, 3.8) is 0 Å². The van der Waals surface area contributed by atoms with E-state index in [2.05, 4.69) is 10.3 Å². The smallest absolute Gasteiger partial charge is 0.227 e. The van der Waals surface area contributed by atoms with Crippen molar-refractivity contribution < 1.29 is 14.5 Å². The highest BCUT2D eigenvalue weighted by atomic mass is 35.5. The van der Waals surface area contributed by atoms with Crippen LogP contribution in [0, 0.1) is 0 Å². The summed E-state index contributed by atoms with van der Waals surface area (Å²) in [5.41, 5.74) is 0.966. The molecule has 2 spiro atoms. The maximum atomic E-state index is 15.3. The molecule has 0 amide bonds. The summed E-state index contributed by atoms with van der Waals surface area (Å²) in [5, 5.41) is 10.8. The predicted molar refractivity (Wildman–Crippen MR) is 171 cm³/mol. The Bertz CT molecular complexity index is 1630. The van der Waals surface area contributed by atoms with Gasteiger partial charge in [-0.25, -0.2) is 0 Å². The zero-order chi connectivity index (χ0) is 29.8. The highest BCUT2D eigenvalue weighted by Gasteiger charge is 2.69. The minimum absolute atomic E-state index is 0.252. The number of benzene rings is 4. The lowest BCUT2D eigenvalue weighted by atomic mass is 9.60. The monoisotopic (exact) mass is 648 g/mol. The lowest BCUT2D eigenvalue weighted by Gasteiger charge is -2.44. The molecule has 0 saturated heterocycles. The van der Waals surface area contributed by atoms with E-state index >= 15 is 4.79 Å². The van der Waals surface area contributed by atoms with Crippen LogP contribution in [0.2, 0.25) is 20.1 Å². The van der Waals surface area contributed by atoms with Crippen molar-refractivity contribution in [1.29, 1.82) is 0 Å². The van der Waals surface area contributed by atoms with Crippen LogP contribution < -0.4 is 0 Å². The third kappa shape index (κ3) is 4.40. The van der Waals surface area contributed by atoms with E-state index in [1.54, 1.807) is 36.4 Å². The topological polar surface area (TPSA) is 60.2 Å². The van der Waals surface area contributed by atoms with Gasteiger partial charge in [0, 0.05) is 11.1 Å². The number of nitrogens with zero attached hydrogens (tertiary/aromatic N) is 2. The molecule has 4 atom stereocenters. The third-order valence-electron chi connectivity index (χ3n) is 8.66. The summed E-state index contributed by atoms with van der Waals surface area (Å²) in [6.45, 7) is 0. The summed E-state index contributed by atoms with van der Waals surface area (Å²) in [6.07, 6.45) is 1.43. The average molecular weight is 650 g/mol. The maximum Gasteiger partial charge on any atom is 0.227 e. The summed E-state index contributed by atoms with van der Waals surface area (Å²) in [6, 6.07) is 30.0. The van der Waals surface area contributed by atoms with Crippen LogP contribution in [0.5, 0.6) is 0 Å². The fourth-order valence-electron chi connectivity index (χ4n) is 6.85. The molecule has 2 heterocycles. The number of oxime groups is 2. The number of Topliss-reactive ketones (excluding diaryl/α,β-unsaturated/α-hetero) is 1. The number of hydrogen-bond acceptors (Lipinski definition) is 5. The van der Waals surface area contributed by atoms with E-state index in [1.807, 2.05) is 60.7 Å². The molecule has 0 aromatic heterocycles. The maximum absolute atomic E-state index is 15.3. The van der Waals surface area contributed by atoms with Gasteiger partial charge in [-0.3, -0.25) is 4.79 Å². The molecule has 1 fully saturated rings. The van der Waals surface area contributed by atoms with Crippen LogP contribution in [0.1, 0.15) is 53.4 Å². The number of carbonyl (C=O) groups is 1. The van der Waals surface area contributed by atoms with Crippen molar-refractivity contribution in [2.75, 3.05) is 0 Å².